The van der Waals surface area contributed by atoms with Gasteiger partial charge in [-0.1, -0.05) is 33.8 Å². The van der Waals surface area contributed by atoms with Crippen LogP contribution in [0.5, 0.6) is 0 Å². The van der Waals surface area contributed by atoms with Crippen molar-refractivity contribution in [1.82, 2.24) is 6.15 Å². The fourth-order valence-corrected chi connectivity index (χ4v) is 0. The molecule has 0 fully saturated rings. The summed E-state index contributed by atoms with van der Waals surface area (Å²) in [5.41, 5.74) is 0. The Labute approximate surface area is 146 Å². The summed E-state index contributed by atoms with van der Waals surface area (Å²) in [6, 6.07) is 0. The van der Waals surface area contributed by atoms with Crippen LogP contribution in [-0.2, 0) is 19.2 Å². The van der Waals surface area contributed by atoms with Gasteiger partial charge in [-0.2, -0.15) is 32.7 Å². The summed E-state index contributed by atoms with van der Waals surface area (Å²) in [7, 11) is 0. The molecule has 9 heteroatoms. The van der Waals surface area contributed by atoms with Crippen LogP contribution in [0.15, 0.2) is 12.7 Å². The van der Waals surface area contributed by atoms with Crippen molar-refractivity contribution in [2.45, 2.75) is 34.6 Å². The number of hydrogen-bond donors (Lipinski definition) is 1. The maximum absolute atomic E-state index is 8.12. The van der Waals surface area contributed by atoms with E-state index in [0.29, 0.717) is 0 Å². The Morgan fingerprint density at radius 3 is 1.00 bits per heavy atom. The molecule has 0 aromatic rings. The number of allylic oxidation sites excluding steroid dienone is 1. The zero-order chi connectivity index (χ0) is 10.8. The van der Waals surface area contributed by atoms with Gasteiger partial charge in [0, 0.05) is 37.7 Å². The summed E-state index contributed by atoms with van der Waals surface area (Å²) in [5.74, 6) is 0. The molecule has 0 saturated carbocycles. The smallest absolute Gasteiger partial charge is 0.373 e. The van der Waals surface area contributed by atoms with Gasteiger partial charge in [-0.05, 0) is 6.92 Å². The van der Waals surface area contributed by atoms with Crippen LogP contribution >= 0.6 is 13.5 Å². The third-order valence-electron chi connectivity index (χ3n) is 0. The molecular formula is C9H27ArNO6S. The van der Waals surface area contributed by atoms with Gasteiger partial charge in [-0.15, -0.1) is 6.58 Å². The van der Waals surface area contributed by atoms with E-state index in [4.69, 9.17) is 19.2 Å². The maximum Gasteiger partial charge on any atom is 0.373 e. The minimum Gasteiger partial charge on any atom is -0.412 e. The molecule has 0 heterocycles. The van der Waals surface area contributed by atoms with Gasteiger partial charge in [-0.3, -0.25) is 0 Å². The first-order valence-corrected chi connectivity index (χ1v) is 3.22. The first-order valence-electron chi connectivity index (χ1n) is 3.22. The van der Waals surface area contributed by atoms with E-state index in [9.17, 15) is 0 Å². The molecule has 7 N–H and O–H groups in total. The molecule has 0 aliphatic heterocycles. The first-order chi connectivity index (χ1) is 5.66. The number of rotatable bonds is 0. The molecule has 118 valence electrons. The fourth-order valence-electron chi connectivity index (χ4n) is 0. The van der Waals surface area contributed by atoms with Gasteiger partial charge >= 0.3 is 12.3 Å². The first kappa shape index (κ1) is 81.3. The van der Waals surface area contributed by atoms with Crippen LogP contribution in [-0.4, -0.2) is 23.3 Å². The molecule has 0 bridgehead atoms. The predicted octanol–water partition coefficient (Wildman–Crippen LogP) is 0.703. The molecule has 0 unspecified atom stereocenters. The molecule has 0 aliphatic carbocycles. The third-order valence-corrected chi connectivity index (χ3v) is 0. The van der Waals surface area contributed by atoms with Crippen LogP contribution in [0.25, 0.3) is 0 Å². The van der Waals surface area contributed by atoms with Gasteiger partial charge in [0.15, 0.2) is 0 Å². The van der Waals surface area contributed by atoms with E-state index in [2.05, 4.69) is 20.4 Å². The van der Waals surface area contributed by atoms with Crippen molar-refractivity contribution in [2.24, 2.45) is 0 Å². The second-order valence-electron chi connectivity index (χ2n) is 1.28. The molecule has 7 nitrogen and oxygen atoms in total. The Morgan fingerprint density at radius 1 is 1.00 bits per heavy atom. The average Bonchev–Trinajstić information content (AvgIpc) is 1.92. The molecule has 0 aromatic carbocycles. The Morgan fingerprint density at radius 2 is 1.00 bits per heavy atom. The molecule has 18 heavy (non-hydrogen) atoms. The molecule has 0 aliphatic rings. The Bertz CT molecular complexity index is 125. The van der Waals surface area contributed by atoms with Crippen LogP contribution in [0.1, 0.15) is 34.6 Å². The number of hydrogen-bond acceptors (Lipinski definition) is 5. The van der Waals surface area contributed by atoms with Gasteiger partial charge in [0.25, 0.3) is 0 Å². The van der Waals surface area contributed by atoms with Crippen LogP contribution in [0.3, 0.4) is 0 Å². The van der Waals surface area contributed by atoms with E-state index in [1.54, 1.807) is 6.08 Å². The van der Waals surface area contributed by atoms with Crippen molar-refractivity contribution in [1.29, 1.82) is 0 Å². The summed E-state index contributed by atoms with van der Waals surface area (Å²) < 4.78 is 0. The predicted molar refractivity (Wildman–Crippen MR) is 71.2 cm³/mol. The molecular weight excluding hydrogens is 290 g/mol. The maximum atomic E-state index is 8.12. The number of carbonyl (C=O) groups excluding carboxylic acids is 4. The van der Waals surface area contributed by atoms with Crippen molar-refractivity contribution in [3.05, 3.63) is 12.7 Å². The van der Waals surface area contributed by atoms with Gasteiger partial charge in [0.05, 0.1) is 0 Å². The van der Waals surface area contributed by atoms with Gasteiger partial charge in [0.2, 0.25) is 0 Å². The SMILES string of the molecule is C.C=CC.CCC.N.O.O.O=C=O.O=C=O.S.[Ar]. The van der Waals surface area contributed by atoms with Crippen molar-refractivity contribution in [3.63, 3.8) is 0 Å². The van der Waals surface area contributed by atoms with Gasteiger partial charge in [0.1, 0.15) is 0 Å². The normalized spacial score (nSPS) is 2.61. The van der Waals surface area contributed by atoms with Crippen LogP contribution in [0.4, 0.5) is 0 Å². The topological polar surface area (TPSA) is 166 Å². The van der Waals surface area contributed by atoms with E-state index in [1.807, 2.05) is 6.92 Å². The molecule has 0 spiro atoms. The second kappa shape index (κ2) is 273. The monoisotopic (exact) mass is 317 g/mol. The summed E-state index contributed by atoms with van der Waals surface area (Å²) in [4.78, 5) is 32.5. The van der Waals surface area contributed by atoms with Crippen LogP contribution in [0.2, 0.25) is 0 Å². The Hall–Kier alpha value is -0.0103. The summed E-state index contributed by atoms with van der Waals surface area (Å²) in [5, 5.41) is 0. The Kier molecular flexibility index (Phi) is 1230. The van der Waals surface area contributed by atoms with Gasteiger partial charge in [-0.25, -0.2) is 0 Å². The van der Waals surface area contributed by atoms with Crippen LogP contribution < -0.4 is 6.15 Å². The molecule has 0 radical (unpaired) electrons. The minimum absolute atomic E-state index is 0. The van der Waals surface area contributed by atoms with E-state index >= 15 is 0 Å². The summed E-state index contributed by atoms with van der Waals surface area (Å²) in [6.45, 7) is 9.50. The zero-order valence-electron chi connectivity index (χ0n) is 10.2. The van der Waals surface area contributed by atoms with E-state index in [0.717, 1.165) is 0 Å². The molecule has 0 atom stereocenters. The van der Waals surface area contributed by atoms with Crippen molar-refractivity contribution in [2.75, 3.05) is 0 Å². The summed E-state index contributed by atoms with van der Waals surface area (Å²) in [6.07, 6.45) is 3.50. The molecule has 0 amide bonds. The minimum atomic E-state index is 0. The van der Waals surface area contributed by atoms with E-state index in [-0.39, 0.29) is 88.1 Å². The average molecular weight is 317 g/mol. The zero-order valence-corrected chi connectivity index (χ0v) is 11.9. The quantitative estimate of drug-likeness (QED) is 0.648. The largest absolute Gasteiger partial charge is 0.412 e. The molecule has 0 saturated heterocycles. The molecule has 0 rings (SSSR count). The van der Waals surface area contributed by atoms with E-state index < -0.39 is 0 Å². The fraction of sp³-hybridized carbons (Fsp3) is 0.556. The third kappa shape index (κ3) is 34100000. The van der Waals surface area contributed by atoms with E-state index in [1.165, 1.54) is 6.42 Å². The Balaban J connectivity index is -0.00000000533. The summed E-state index contributed by atoms with van der Waals surface area (Å²) >= 11 is 0. The van der Waals surface area contributed by atoms with Crippen molar-refractivity contribution in [3.8, 4) is 0 Å². The van der Waals surface area contributed by atoms with Crippen molar-refractivity contribution < 1.29 is 67.9 Å². The second-order valence-corrected chi connectivity index (χ2v) is 1.28. The van der Waals surface area contributed by atoms with Crippen LogP contribution in [0, 0.1) is 37.7 Å². The van der Waals surface area contributed by atoms with Gasteiger partial charge < -0.3 is 17.1 Å². The standard InChI is InChI=1S/C3H8.C3H6.2CO2.CH4.Ar.H3N.2H2O.H2S/c2*1-3-2;2*2-1-3;;;;;;/h3H2,1-2H3;3H,1H2,2H3;;;1H4;;1H3;3*1H2. The van der Waals surface area contributed by atoms with Crippen molar-refractivity contribution >= 4 is 25.8 Å². The molecule has 0 aromatic heterocycles.